The molecule has 8 nitrogen and oxygen atoms in total. The zero-order chi connectivity index (χ0) is 10.4. The van der Waals surface area contributed by atoms with Crippen molar-refractivity contribution >= 4 is 0 Å². The molecule has 0 aliphatic heterocycles. The van der Waals surface area contributed by atoms with Crippen LogP contribution in [0.5, 0.6) is 0 Å². The first-order chi connectivity index (χ1) is 5.56. The molecule has 0 saturated carbocycles. The lowest BCUT2D eigenvalue weighted by molar-refractivity contribution is -0.742. The Bertz CT molecular complexity index is 69.1. The topological polar surface area (TPSA) is 167 Å². The molecule has 0 aromatic rings. The monoisotopic (exact) mass is 183 g/mol. The number of rotatable bonds is 2. The second-order valence-corrected chi connectivity index (χ2v) is 1.39. The van der Waals surface area contributed by atoms with Crippen LogP contribution in [0, 0.1) is 10.1 Å². The smallest absolute Gasteiger partial charge is 0.291 e. The lowest BCUT2D eigenvalue weighted by Gasteiger charge is -1.72. The Balaban J connectivity index is -0.000000101. The van der Waals surface area contributed by atoms with Gasteiger partial charge in [-0.1, -0.05) is 0 Å². The van der Waals surface area contributed by atoms with Crippen LogP contribution >= 0.6 is 0 Å². The van der Waals surface area contributed by atoms with Gasteiger partial charge in [-0.25, -0.2) is 0 Å². The maximum Gasteiger partial charge on any atom is 0.291 e. The summed E-state index contributed by atoms with van der Waals surface area (Å²) in [6.45, 7) is 2.39. The molecule has 0 spiro atoms. The Morgan fingerprint density at radius 2 is 1.08 bits per heavy atom. The second kappa shape index (κ2) is 22.5. The first-order valence-corrected chi connectivity index (χ1v) is 3.20. The van der Waals surface area contributed by atoms with E-state index in [9.17, 15) is 0 Å². The fraction of sp³-hybridized carbons (Fsp3) is 1.00. The Morgan fingerprint density at radius 1 is 1.00 bits per heavy atom. The highest BCUT2D eigenvalue weighted by molar-refractivity contribution is 4.26. The van der Waals surface area contributed by atoms with Crippen molar-refractivity contribution in [1.82, 2.24) is 0 Å². The van der Waals surface area contributed by atoms with Crippen molar-refractivity contribution in [2.75, 3.05) is 26.2 Å². The lowest BCUT2D eigenvalue weighted by atomic mass is 10.7. The molecule has 0 bridgehead atoms. The van der Waals surface area contributed by atoms with Gasteiger partial charge in [0.25, 0.3) is 5.09 Å². The summed E-state index contributed by atoms with van der Waals surface area (Å²) in [6.07, 6.45) is 0. The van der Waals surface area contributed by atoms with E-state index in [0.717, 1.165) is 0 Å². The van der Waals surface area contributed by atoms with Gasteiger partial charge in [0.05, 0.1) is 0 Å². The van der Waals surface area contributed by atoms with Crippen LogP contribution in [0.1, 0.15) is 0 Å². The zero-order valence-electron chi connectivity index (χ0n) is 6.85. The van der Waals surface area contributed by atoms with Crippen molar-refractivity contribution in [3.05, 3.63) is 10.1 Å². The third kappa shape index (κ3) is 540. The van der Waals surface area contributed by atoms with Crippen molar-refractivity contribution in [2.24, 2.45) is 22.9 Å². The van der Waals surface area contributed by atoms with Crippen LogP contribution in [-0.4, -0.2) is 36.5 Å². The van der Waals surface area contributed by atoms with Crippen LogP contribution in [0.4, 0.5) is 0 Å². The molecule has 0 radical (unpaired) electrons. The van der Waals surface area contributed by atoms with Crippen LogP contribution in [0.15, 0.2) is 0 Å². The highest BCUT2D eigenvalue weighted by atomic mass is 16.9. The molecule has 0 aliphatic carbocycles. The van der Waals surface area contributed by atoms with E-state index in [-0.39, 0.29) is 0 Å². The van der Waals surface area contributed by atoms with Gasteiger partial charge in [-0.15, -0.1) is 10.1 Å². The van der Waals surface area contributed by atoms with Gasteiger partial charge in [0.1, 0.15) is 0 Å². The van der Waals surface area contributed by atoms with Crippen molar-refractivity contribution in [2.45, 2.75) is 0 Å². The van der Waals surface area contributed by atoms with Crippen LogP contribution < -0.4 is 22.9 Å². The Hall–Kier alpha value is -0.960. The van der Waals surface area contributed by atoms with Gasteiger partial charge in [-0.3, -0.25) is 0 Å². The summed E-state index contributed by atoms with van der Waals surface area (Å²) in [6, 6.07) is 0. The molecule has 0 aliphatic rings. The molecule has 0 amide bonds. The minimum atomic E-state index is -1.50. The van der Waals surface area contributed by atoms with E-state index in [1.807, 2.05) is 0 Å². The van der Waals surface area contributed by atoms with E-state index >= 15 is 0 Å². The third-order valence-electron chi connectivity index (χ3n) is 0.333. The molecule has 0 aromatic carbocycles. The molecule has 0 saturated heterocycles. The predicted octanol–water partition coefficient (Wildman–Crippen LogP) is -2.54. The molecule has 12 heavy (non-hydrogen) atoms. The van der Waals surface area contributed by atoms with Gasteiger partial charge in [0, 0.05) is 26.2 Å². The molecule has 0 atom stereocenters. The fourth-order valence-electron chi connectivity index (χ4n) is 0. The van der Waals surface area contributed by atoms with Crippen LogP contribution in [0.2, 0.25) is 0 Å². The molecule has 0 rings (SSSR count). The van der Waals surface area contributed by atoms with Crippen molar-refractivity contribution in [1.29, 1.82) is 0 Å². The van der Waals surface area contributed by atoms with E-state index < -0.39 is 5.09 Å². The predicted molar refractivity (Wildman–Crippen MR) is 45.0 cm³/mol. The largest absolute Gasteiger partial charge is 0.329 e. The Morgan fingerprint density at radius 3 is 1.08 bits per heavy atom. The summed E-state index contributed by atoms with van der Waals surface area (Å²) in [5.41, 5.74) is 19.6. The molecule has 0 unspecified atom stereocenters. The maximum absolute atomic E-state index is 8.36. The Labute approximate surface area is 70.6 Å². The van der Waals surface area contributed by atoms with Gasteiger partial charge < -0.3 is 28.1 Å². The maximum atomic E-state index is 8.36. The minimum absolute atomic E-state index is 0.597. The van der Waals surface area contributed by atoms with E-state index in [4.69, 9.17) is 38.3 Å². The standard InChI is InChI=1S/2C2H8N2.HNO3/c2*3-1-2-4;2-1(3)4/h2*1-4H2;(H,2,3,4). The highest BCUT2D eigenvalue weighted by Crippen LogP contribution is 1.38. The summed E-state index contributed by atoms with van der Waals surface area (Å²) < 4.78 is 0. The highest BCUT2D eigenvalue weighted by Gasteiger charge is 1.65. The molecule has 9 N–H and O–H groups in total. The van der Waals surface area contributed by atoms with E-state index in [1.165, 1.54) is 0 Å². The minimum Gasteiger partial charge on any atom is -0.329 e. The van der Waals surface area contributed by atoms with Crippen molar-refractivity contribution in [3.8, 4) is 0 Å². The van der Waals surface area contributed by atoms with Gasteiger partial charge in [0.15, 0.2) is 0 Å². The van der Waals surface area contributed by atoms with Gasteiger partial charge in [-0.05, 0) is 0 Å². The van der Waals surface area contributed by atoms with Crippen LogP contribution in [0.3, 0.4) is 0 Å². The molecule has 0 heterocycles. The normalized spacial score (nSPS) is 7.00. The summed E-state index contributed by atoms with van der Waals surface area (Å²) >= 11 is 0. The van der Waals surface area contributed by atoms with E-state index in [2.05, 4.69) is 0 Å². The summed E-state index contributed by atoms with van der Waals surface area (Å²) in [5.74, 6) is 0. The van der Waals surface area contributed by atoms with E-state index in [0.29, 0.717) is 26.2 Å². The molecule has 0 fully saturated rings. The zero-order valence-corrected chi connectivity index (χ0v) is 6.85. The SMILES string of the molecule is NCCN.NCCN.O=[N+]([O-])O. The number of hydrogen-bond acceptors (Lipinski definition) is 6. The van der Waals surface area contributed by atoms with Crippen molar-refractivity contribution in [3.63, 3.8) is 0 Å². The molecule has 8 heteroatoms. The third-order valence-corrected chi connectivity index (χ3v) is 0.333. The molecule has 76 valence electrons. The second-order valence-electron chi connectivity index (χ2n) is 1.39. The number of nitrogens with zero attached hydrogens (tertiary/aromatic N) is 1. The van der Waals surface area contributed by atoms with Gasteiger partial charge >= 0.3 is 0 Å². The van der Waals surface area contributed by atoms with E-state index in [1.54, 1.807) is 0 Å². The van der Waals surface area contributed by atoms with Crippen molar-refractivity contribution < 1.29 is 10.3 Å². The Kier molecular flexibility index (Phi) is 32.3. The van der Waals surface area contributed by atoms with Gasteiger partial charge in [-0.2, -0.15) is 0 Å². The molecule has 0 aromatic heterocycles. The number of hydrogen-bond donors (Lipinski definition) is 5. The average Bonchev–Trinajstić information content (AvgIpc) is 2.03. The average molecular weight is 183 g/mol. The van der Waals surface area contributed by atoms with Crippen LogP contribution in [-0.2, 0) is 0 Å². The van der Waals surface area contributed by atoms with Crippen LogP contribution in [0.25, 0.3) is 0 Å². The first kappa shape index (κ1) is 17.2. The quantitative estimate of drug-likeness (QED) is 0.232. The molecular weight excluding hydrogens is 166 g/mol. The first-order valence-electron chi connectivity index (χ1n) is 3.20. The van der Waals surface area contributed by atoms with Gasteiger partial charge in [0.2, 0.25) is 0 Å². The fourth-order valence-corrected chi connectivity index (χ4v) is 0. The summed E-state index contributed by atoms with van der Waals surface area (Å²) in [4.78, 5) is 8.36. The number of nitrogens with two attached hydrogens (primary N) is 4. The summed E-state index contributed by atoms with van der Waals surface area (Å²) in [5, 5.41) is 13.6. The lowest BCUT2D eigenvalue weighted by Crippen LogP contribution is -2.11. The molecular formula is C4H17N5O3. The summed E-state index contributed by atoms with van der Waals surface area (Å²) in [7, 11) is 0.